The molecule has 0 bridgehead atoms. The second kappa shape index (κ2) is 10.1. The summed E-state index contributed by atoms with van der Waals surface area (Å²) < 4.78 is 39.0. The zero-order chi connectivity index (χ0) is 21.4. The first-order valence-corrected chi connectivity index (χ1v) is 9.15. The molecule has 2 amide bonds. The van der Waals surface area contributed by atoms with Crippen molar-refractivity contribution in [3.05, 3.63) is 65.7 Å². The van der Waals surface area contributed by atoms with Crippen LogP contribution in [0.25, 0.3) is 0 Å². The summed E-state index contributed by atoms with van der Waals surface area (Å²) in [6, 6.07) is 14.2. The standard InChI is InChI=1S/C21H24F3N3O2/c1-15(16-8-4-3-5-9-16)25-19(28)12-13-27(2)14-20(29)26-18-11-7-6-10-17(18)21(22,23)24/h3-11,15H,12-14H2,1-2H3,(H,25,28)(H,26,29). The van der Waals surface area contributed by atoms with Crippen molar-refractivity contribution in [2.75, 3.05) is 25.5 Å². The zero-order valence-electron chi connectivity index (χ0n) is 16.3. The molecule has 0 fully saturated rings. The average molecular weight is 407 g/mol. The lowest BCUT2D eigenvalue weighted by molar-refractivity contribution is -0.137. The maximum atomic E-state index is 13.0. The van der Waals surface area contributed by atoms with Crippen LogP contribution in [0.3, 0.4) is 0 Å². The van der Waals surface area contributed by atoms with Crippen LogP contribution in [0, 0.1) is 0 Å². The van der Waals surface area contributed by atoms with Crippen LogP contribution in [-0.2, 0) is 15.8 Å². The van der Waals surface area contributed by atoms with Gasteiger partial charge in [-0.25, -0.2) is 0 Å². The molecule has 0 spiro atoms. The van der Waals surface area contributed by atoms with Gasteiger partial charge < -0.3 is 10.6 Å². The fourth-order valence-electron chi connectivity index (χ4n) is 2.78. The molecule has 0 radical (unpaired) electrons. The Hall–Kier alpha value is -2.87. The van der Waals surface area contributed by atoms with Gasteiger partial charge in [0.2, 0.25) is 11.8 Å². The van der Waals surface area contributed by atoms with E-state index in [9.17, 15) is 22.8 Å². The molecule has 2 N–H and O–H groups in total. The number of carbonyl (C=O) groups excluding carboxylic acids is 2. The molecule has 0 aromatic heterocycles. The number of alkyl halides is 3. The summed E-state index contributed by atoms with van der Waals surface area (Å²) in [5, 5.41) is 5.17. The predicted octanol–water partition coefficient (Wildman–Crippen LogP) is 3.84. The van der Waals surface area contributed by atoms with Crippen molar-refractivity contribution in [2.45, 2.75) is 25.6 Å². The summed E-state index contributed by atoms with van der Waals surface area (Å²) in [5.41, 5.74) is -0.199. The fraction of sp³-hybridized carbons (Fsp3) is 0.333. The number of hydrogen-bond donors (Lipinski definition) is 2. The van der Waals surface area contributed by atoms with Crippen molar-refractivity contribution in [1.29, 1.82) is 0 Å². The summed E-state index contributed by atoms with van der Waals surface area (Å²) in [5.74, 6) is -0.752. The van der Waals surface area contributed by atoms with E-state index in [0.29, 0.717) is 6.54 Å². The molecule has 5 nitrogen and oxygen atoms in total. The number of nitrogens with one attached hydrogen (secondary N) is 2. The van der Waals surface area contributed by atoms with Gasteiger partial charge in [0.05, 0.1) is 23.8 Å². The number of anilines is 1. The maximum Gasteiger partial charge on any atom is 0.418 e. The van der Waals surface area contributed by atoms with E-state index >= 15 is 0 Å². The smallest absolute Gasteiger partial charge is 0.350 e. The van der Waals surface area contributed by atoms with E-state index in [1.165, 1.54) is 18.2 Å². The summed E-state index contributed by atoms with van der Waals surface area (Å²) >= 11 is 0. The monoisotopic (exact) mass is 407 g/mol. The molecular formula is C21H24F3N3O2. The number of benzene rings is 2. The number of rotatable bonds is 8. The van der Waals surface area contributed by atoms with Gasteiger partial charge in [0.25, 0.3) is 0 Å². The second-order valence-corrected chi connectivity index (χ2v) is 6.78. The lowest BCUT2D eigenvalue weighted by Gasteiger charge is -2.19. The van der Waals surface area contributed by atoms with Crippen LogP contribution < -0.4 is 10.6 Å². The van der Waals surface area contributed by atoms with Gasteiger partial charge >= 0.3 is 6.18 Å². The van der Waals surface area contributed by atoms with Crippen LogP contribution in [0.15, 0.2) is 54.6 Å². The minimum absolute atomic E-state index is 0.131. The highest BCUT2D eigenvalue weighted by molar-refractivity contribution is 5.93. The highest BCUT2D eigenvalue weighted by Crippen LogP contribution is 2.34. The SMILES string of the molecule is CC(NC(=O)CCN(C)CC(=O)Nc1ccccc1C(F)(F)F)c1ccccc1. The van der Waals surface area contributed by atoms with Gasteiger partial charge in [0.1, 0.15) is 0 Å². The Kier molecular flexibility index (Phi) is 7.78. The lowest BCUT2D eigenvalue weighted by atomic mass is 10.1. The van der Waals surface area contributed by atoms with Crippen LogP contribution >= 0.6 is 0 Å². The maximum absolute atomic E-state index is 13.0. The first-order chi connectivity index (χ1) is 13.7. The van der Waals surface area contributed by atoms with E-state index in [-0.39, 0.29) is 30.6 Å². The highest BCUT2D eigenvalue weighted by Gasteiger charge is 2.33. The third-order valence-corrected chi connectivity index (χ3v) is 4.32. The Bertz CT molecular complexity index is 825. The molecular weight excluding hydrogens is 383 g/mol. The molecule has 0 aliphatic heterocycles. The third kappa shape index (κ3) is 7.23. The number of hydrogen-bond acceptors (Lipinski definition) is 3. The Morgan fingerprint density at radius 2 is 1.62 bits per heavy atom. The third-order valence-electron chi connectivity index (χ3n) is 4.32. The molecule has 2 rings (SSSR count). The van der Waals surface area contributed by atoms with Crippen LogP contribution in [-0.4, -0.2) is 36.9 Å². The number of amides is 2. The van der Waals surface area contributed by atoms with Crippen molar-refractivity contribution >= 4 is 17.5 Å². The lowest BCUT2D eigenvalue weighted by Crippen LogP contribution is -2.34. The van der Waals surface area contributed by atoms with Crippen LogP contribution in [0.4, 0.5) is 18.9 Å². The molecule has 0 aliphatic rings. The van der Waals surface area contributed by atoms with E-state index in [4.69, 9.17) is 0 Å². The number of para-hydroxylation sites is 1. The Morgan fingerprint density at radius 3 is 2.28 bits per heavy atom. The minimum Gasteiger partial charge on any atom is -0.350 e. The Labute approximate surface area is 167 Å². The molecule has 29 heavy (non-hydrogen) atoms. The van der Waals surface area contributed by atoms with E-state index in [1.54, 1.807) is 11.9 Å². The highest BCUT2D eigenvalue weighted by atomic mass is 19.4. The van der Waals surface area contributed by atoms with Crippen LogP contribution in [0.2, 0.25) is 0 Å². The van der Waals surface area contributed by atoms with Gasteiger partial charge in [0.15, 0.2) is 0 Å². The Balaban J connectivity index is 1.80. The topological polar surface area (TPSA) is 61.4 Å². The number of nitrogens with zero attached hydrogens (tertiary/aromatic N) is 1. The van der Waals surface area contributed by atoms with Crippen molar-refractivity contribution in [2.24, 2.45) is 0 Å². The van der Waals surface area contributed by atoms with E-state index in [2.05, 4.69) is 10.6 Å². The normalized spacial score (nSPS) is 12.5. The summed E-state index contributed by atoms with van der Waals surface area (Å²) in [6.45, 7) is 2.04. The van der Waals surface area contributed by atoms with Crippen molar-refractivity contribution in [3.63, 3.8) is 0 Å². The molecule has 8 heteroatoms. The van der Waals surface area contributed by atoms with Crippen LogP contribution in [0.5, 0.6) is 0 Å². The van der Waals surface area contributed by atoms with Gasteiger partial charge in [-0.2, -0.15) is 13.2 Å². The van der Waals surface area contributed by atoms with Gasteiger partial charge in [-0.15, -0.1) is 0 Å². The van der Waals surface area contributed by atoms with Gasteiger partial charge in [-0.3, -0.25) is 14.5 Å². The van der Waals surface area contributed by atoms with E-state index in [1.807, 2.05) is 37.3 Å². The van der Waals surface area contributed by atoms with Crippen molar-refractivity contribution < 1.29 is 22.8 Å². The first-order valence-electron chi connectivity index (χ1n) is 9.15. The van der Waals surface area contributed by atoms with Crippen LogP contribution in [0.1, 0.15) is 30.5 Å². The van der Waals surface area contributed by atoms with Crippen molar-refractivity contribution in [3.8, 4) is 0 Å². The minimum atomic E-state index is -4.55. The molecule has 1 atom stereocenters. The fourth-order valence-corrected chi connectivity index (χ4v) is 2.78. The molecule has 1 unspecified atom stereocenters. The van der Waals surface area contributed by atoms with Crippen molar-refractivity contribution in [1.82, 2.24) is 10.2 Å². The molecule has 0 heterocycles. The quantitative estimate of drug-likeness (QED) is 0.699. The number of carbonyl (C=O) groups is 2. The van der Waals surface area contributed by atoms with E-state index < -0.39 is 17.6 Å². The molecule has 0 saturated carbocycles. The molecule has 156 valence electrons. The number of likely N-dealkylation sites (N-methyl/N-ethyl adjacent to an activating group) is 1. The summed E-state index contributed by atoms with van der Waals surface area (Å²) in [6.07, 6.45) is -4.39. The average Bonchev–Trinajstić information content (AvgIpc) is 2.66. The first kappa shape index (κ1) is 22.4. The zero-order valence-corrected chi connectivity index (χ0v) is 16.3. The molecule has 2 aromatic rings. The largest absolute Gasteiger partial charge is 0.418 e. The van der Waals surface area contributed by atoms with Gasteiger partial charge in [-0.1, -0.05) is 42.5 Å². The van der Waals surface area contributed by atoms with E-state index in [0.717, 1.165) is 11.6 Å². The Morgan fingerprint density at radius 1 is 1.00 bits per heavy atom. The van der Waals surface area contributed by atoms with Gasteiger partial charge in [-0.05, 0) is 31.7 Å². The molecule has 0 aliphatic carbocycles. The predicted molar refractivity (Wildman–Crippen MR) is 105 cm³/mol. The second-order valence-electron chi connectivity index (χ2n) is 6.78. The number of halogens is 3. The summed E-state index contributed by atoms with van der Waals surface area (Å²) in [7, 11) is 1.63. The summed E-state index contributed by atoms with van der Waals surface area (Å²) in [4.78, 5) is 25.8. The molecule has 0 saturated heterocycles. The molecule has 2 aromatic carbocycles. The van der Waals surface area contributed by atoms with Gasteiger partial charge in [0, 0.05) is 13.0 Å².